The van der Waals surface area contributed by atoms with Crippen molar-refractivity contribution < 1.29 is 19.1 Å². The van der Waals surface area contributed by atoms with E-state index in [-0.39, 0.29) is 16.0 Å². The smallest absolute Gasteiger partial charge is 0.342 e. The molecule has 8 nitrogen and oxygen atoms in total. The molecule has 0 unspecified atom stereocenters. The van der Waals surface area contributed by atoms with Gasteiger partial charge in [0.2, 0.25) is 0 Å². The second kappa shape index (κ2) is 10.5. The van der Waals surface area contributed by atoms with Crippen LogP contribution in [0.4, 0.5) is 5.69 Å². The third-order valence-corrected chi connectivity index (χ3v) is 6.67. The number of hydrogen-bond donors (Lipinski definition) is 1. The van der Waals surface area contributed by atoms with Gasteiger partial charge in [-0.15, -0.1) is 10.2 Å². The molecule has 4 rings (SSSR count). The van der Waals surface area contributed by atoms with Gasteiger partial charge in [0.1, 0.15) is 10.7 Å². The fourth-order valence-electron chi connectivity index (χ4n) is 3.81. The summed E-state index contributed by atoms with van der Waals surface area (Å²) < 4.78 is 13.2. The van der Waals surface area contributed by atoms with Crippen molar-refractivity contribution in [2.24, 2.45) is 0 Å². The number of anilines is 1. The number of halogens is 1. The zero-order chi connectivity index (χ0) is 26.0. The molecule has 2 aromatic carbocycles. The van der Waals surface area contributed by atoms with Gasteiger partial charge in [0.15, 0.2) is 0 Å². The summed E-state index contributed by atoms with van der Waals surface area (Å²) in [5.74, 6) is -0.402. The fraction of sp³-hybridized carbons (Fsp3) is 0.192. The largest absolute Gasteiger partial charge is 0.496 e. The zero-order valence-corrected chi connectivity index (χ0v) is 22.0. The van der Waals surface area contributed by atoms with Crippen LogP contribution in [0.15, 0.2) is 63.1 Å². The molecule has 0 saturated carbocycles. The van der Waals surface area contributed by atoms with E-state index in [1.165, 1.54) is 7.11 Å². The van der Waals surface area contributed by atoms with Crippen LogP contribution in [0.2, 0.25) is 5.02 Å². The molecule has 0 saturated heterocycles. The van der Waals surface area contributed by atoms with Crippen molar-refractivity contribution in [3.63, 3.8) is 0 Å². The molecule has 0 bridgehead atoms. The van der Waals surface area contributed by atoms with Gasteiger partial charge in [-0.1, -0.05) is 11.6 Å². The molecular formula is C26H25ClN4O4S. The van der Waals surface area contributed by atoms with Crippen molar-refractivity contribution in [1.82, 2.24) is 14.8 Å². The average molecular weight is 525 g/mol. The van der Waals surface area contributed by atoms with Crippen molar-refractivity contribution in [1.29, 1.82) is 0 Å². The van der Waals surface area contributed by atoms with Crippen LogP contribution in [0.5, 0.6) is 5.75 Å². The number of aliphatic carboxylic acids is 1. The van der Waals surface area contributed by atoms with Crippen LogP contribution in [0.25, 0.3) is 23.2 Å². The molecule has 0 atom stereocenters. The predicted molar refractivity (Wildman–Crippen MR) is 142 cm³/mol. The molecule has 10 heteroatoms. The minimum atomic E-state index is -1.10. The van der Waals surface area contributed by atoms with E-state index < -0.39 is 5.97 Å². The quantitative estimate of drug-likeness (QED) is 0.218. The lowest BCUT2D eigenvalue weighted by molar-refractivity contribution is -0.131. The summed E-state index contributed by atoms with van der Waals surface area (Å²) in [5, 5.41) is 18.5. The molecule has 2 heterocycles. The van der Waals surface area contributed by atoms with Gasteiger partial charge < -0.3 is 23.7 Å². The summed E-state index contributed by atoms with van der Waals surface area (Å²) in [5.41, 5.74) is 5.30. The molecule has 0 fully saturated rings. The van der Waals surface area contributed by atoms with E-state index in [1.54, 1.807) is 24.3 Å². The molecule has 2 aromatic heterocycles. The minimum absolute atomic E-state index is 0.0477. The Labute approximate surface area is 218 Å². The summed E-state index contributed by atoms with van der Waals surface area (Å²) in [4.78, 5) is 14.2. The van der Waals surface area contributed by atoms with E-state index in [1.807, 2.05) is 63.2 Å². The van der Waals surface area contributed by atoms with E-state index >= 15 is 0 Å². The summed E-state index contributed by atoms with van der Waals surface area (Å²) >= 11 is 6.98. The van der Waals surface area contributed by atoms with Gasteiger partial charge in [-0.25, -0.2) is 4.79 Å². The Kier molecular flexibility index (Phi) is 7.42. The molecule has 0 amide bonds. The minimum Gasteiger partial charge on any atom is -0.496 e. The van der Waals surface area contributed by atoms with E-state index in [0.29, 0.717) is 16.3 Å². The third-order valence-electron chi connectivity index (χ3n) is 5.59. The number of ether oxygens (including phenoxy) is 1. The van der Waals surface area contributed by atoms with Gasteiger partial charge in [0, 0.05) is 41.9 Å². The van der Waals surface area contributed by atoms with Crippen LogP contribution in [-0.4, -0.2) is 47.0 Å². The number of carbonyl (C=O) groups is 1. The summed E-state index contributed by atoms with van der Waals surface area (Å²) in [6, 6.07) is 15.2. The van der Waals surface area contributed by atoms with Gasteiger partial charge in [-0.05, 0) is 85.8 Å². The first-order valence-electron chi connectivity index (χ1n) is 10.9. The first kappa shape index (κ1) is 25.4. The summed E-state index contributed by atoms with van der Waals surface area (Å²) in [7, 11) is 5.51. The Morgan fingerprint density at radius 1 is 1.14 bits per heavy atom. The Morgan fingerprint density at radius 3 is 2.50 bits per heavy atom. The van der Waals surface area contributed by atoms with Crippen LogP contribution < -0.4 is 9.64 Å². The van der Waals surface area contributed by atoms with Crippen LogP contribution >= 0.6 is 23.4 Å². The maximum Gasteiger partial charge on any atom is 0.342 e. The van der Waals surface area contributed by atoms with Gasteiger partial charge in [-0.2, -0.15) is 0 Å². The van der Waals surface area contributed by atoms with Crippen LogP contribution in [0.3, 0.4) is 0 Å². The number of rotatable bonds is 8. The number of aryl methyl sites for hydroxylation is 1. The van der Waals surface area contributed by atoms with Gasteiger partial charge in [0.25, 0.3) is 11.1 Å². The highest BCUT2D eigenvalue weighted by Crippen LogP contribution is 2.35. The van der Waals surface area contributed by atoms with Crippen molar-refractivity contribution in [2.75, 3.05) is 26.1 Å². The van der Waals surface area contributed by atoms with Crippen LogP contribution in [-0.2, 0) is 4.79 Å². The van der Waals surface area contributed by atoms with E-state index in [4.69, 9.17) is 20.8 Å². The lowest BCUT2D eigenvalue weighted by atomic mass is 10.2. The highest BCUT2D eigenvalue weighted by Gasteiger charge is 2.19. The lowest BCUT2D eigenvalue weighted by Crippen LogP contribution is -2.08. The van der Waals surface area contributed by atoms with Gasteiger partial charge in [0.05, 0.1) is 12.7 Å². The fourth-order valence-corrected chi connectivity index (χ4v) is 4.64. The molecule has 0 aliphatic rings. The first-order valence-corrected chi connectivity index (χ1v) is 12.1. The lowest BCUT2D eigenvalue weighted by Gasteiger charge is -2.14. The maximum atomic E-state index is 12.1. The molecule has 36 heavy (non-hydrogen) atoms. The molecule has 0 spiro atoms. The molecule has 4 aromatic rings. The topological polar surface area (TPSA) is 93.6 Å². The number of benzene rings is 2. The van der Waals surface area contributed by atoms with Crippen LogP contribution in [0, 0.1) is 13.8 Å². The van der Waals surface area contributed by atoms with Gasteiger partial charge in [-0.3, -0.25) is 0 Å². The molecule has 186 valence electrons. The molecule has 0 radical (unpaired) electrons. The Bertz CT molecular complexity index is 1440. The van der Waals surface area contributed by atoms with E-state index in [2.05, 4.69) is 14.8 Å². The second-order valence-electron chi connectivity index (χ2n) is 8.21. The zero-order valence-electron chi connectivity index (χ0n) is 20.4. The standard InChI is InChI=1S/C26H25ClN4O4S/c1-15-12-17(16(2)31(15)20-9-7-19(8-10-20)30(3)4)13-23(25(32)33)36-26-29-28-24(35-26)21-14-18(27)6-11-22(21)34-5/h6-14H,1-5H3,(H,32,33)/b23-13+. The number of nitrogens with zero attached hydrogens (tertiary/aromatic N) is 4. The second-order valence-corrected chi connectivity index (χ2v) is 9.64. The Hall–Kier alpha value is -3.69. The number of aromatic nitrogens is 3. The molecule has 0 aliphatic carbocycles. The molecule has 0 aliphatic heterocycles. The van der Waals surface area contributed by atoms with Crippen molar-refractivity contribution in [2.45, 2.75) is 19.1 Å². The van der Waals surface area contributed by atoms with E-state index in [0.717, 1.165) is 40.1 Å². The number of thioether (sulfide) groups is 1. The molecular weight excluding hydrogens is 500 g/mol. The number of methoxy groups -OCH3 is 1. The SMILES string of the molecule is COc1ccc(Cl)cc1-c1nnc(S/C(=C/c2cc(C)n(-c3ccc(N(C)C)cc3)c2C)C(=O)O)o1. The predicted octanol–water partition coefficient (Wildman–Crippen LogP) is 6.09. The van der Waals surface area contributed by atoms with E-state index in [9.17, 15) is 9.90 Å². The average Bonchev–Trinajstić information content (AvgIpc) is 3.42. The number of carboxylic acids is 1. The Morgan fingerprint density at radius 2 is 1.86 bits per heavy atom. The van der Waals surface area contributed by atoms with Crippen LogP contribution in [0.1, 0.15) is 17.0 Å². The van der Waals surface area contributed by atoms with Crippen molar-refractivity contribution in [3.05, 3.63) is 75.4 Å². The maximum absolute atomic E-state index is 12.1. The third kappa shape index (κ3) is 5.27. The van der Waals surface area contributed by atoms with Gasteiger partial charge >= 0.3 is 5.97 Å². The highest BCUT2D eigenvalue weighted by atomic mass is 35.5. The number of hydrogen-bond acceptors (Lipinski definition) is 7. The number of carboxylic acid groups (broad SMARTS) is 1. The first-order chi connectivity index (χ1) is 17.2. The summed E-state index contributed by atoms with van der Waals surface area (Å²) in [6.07, 6.45) is 1.61. The van der Waals surface area contributed by atoms with Crippen molar-refractivity contribution >= 4 is 41.1 Å². The summed E-state index contributed by atoms with van der Waals surface area (Å²) in [6.45, 7) is 3.94. The monoisotopic (exact) mass is 524 g/mol. The normalized spacial score (nSPS) is 11.6. The Balaban J connectivity index is 1.64. The molecule has 1 N–H and O–H groups in total. The van der Waals surface area contributed by atoms with Crippen molar-refractivity contribution in [3.8, 4) is 22.9 Å². The highest BCUT2D eigenvalue weighted by molar-refractivity contribution is 8.03.